The zero-order chi connectivity index (χ0) is 21.9. The van der Waals surface area contributed by atoms with E-state index in [-0.39, 0.29) is 30.5 Å². The molecule has 11 heteroatoms. The molecule has 0 aliphatic rings. The lowest BCUT2D eigenvalue weighted by molar-refractivity contribution is -0.125. The number of hydrogen-bond acceptors (Lipinski definition) is 5. The maximum atomic E-state index is 11.9. The minimum atomic E-state index is -0.496. The maximum Gasteiger partial charge on any atom is 0.264 e. The molecule has 0 aliphatic heterocycles. The predicted octanol–water partition coefficient (Wildman–Crippen LogP) is 2.92. The zero-order valence-electron chi connectivity index (χ0n) is 15.5. The normalized spacial score (nSPS) is 9.93. The van der Waals surface area contributed by atoms with E-state index in [0.717, 1.165) is 4.47 Å². The fourth-order valence-corrected chi connectivity index (χ4v) is 2.68. The van der Waals surface area contributed by atoms with Crippen molar-refractivity contribution in [2.24, 2.45) is 0 Å². The van der Waals surface area contributed by atoms with Crippen molar-refractivity contribution in [1.82, 2.24) is 16.2 Å². The first-order valence-corrected chi connectivity index (χ1v) is 10.2. The molecule has 0 spiro atoms. The summed E-state index contributed by atoms with van der Waals surface area (Å²) in [6.07, 6.45) is -0.147. The molecule has 158 valence electrons. The number of benzene rings is 2. The average molecular weight is 514 g/mol. The minimum Gasteiger partial charge on any atom is -0.484 e. The van der Waals surface area contributed by atoms with Crippen molar-refractivity contribution < 1.29 is 19.1 Å². The van der Waals surface area contributed by atoms with Gasteiger partial charge in [0.15, 0.2) is 11.7 Å². The number of carbonyl (C=O) groups is 3. The van der Waals surface area contributed by atoms with Gasteiger partial charge in [0.1, 0.15) is 5.75 Å². The highest BCUT2D eigenvalue weighted by Crippen LogP contribution is 2.20. The lowest BCUT2D eigenvalue weighted by Crippen LogP contribution is -2.49. The van der Waals surface area contributed by atoms with E-state index in [1.165, 1.54) is 0 Å². The third-order valence-corrected chi connectivity index (χ3v) is 4.54. The molecule has 0 aliphatic carbocycles. The van der Waals surface area contributed by atoms with Gasteiger partial charge < -0.3 is 10.1 Å². The van der Waals surface area contributed by atoms with Gasteiger partial charge in [0, 0.05) is 17.3 Å². The molecule has 0 aromatic heterocycles. The molecule has 2 aromatic rings. The molecule has 4 N–H and O–H groups in total. The van der Waals surface area contributed by atoms with Crippen LogP contribution in [-0.4, -0.2) is 29.4 Å². The van der Waals surface area contributed by atoms with Crippen LogP contribution in [-0.2, 0) is 14.4 Å². The maximum absolute atomic E-state index is 11.9. The van der Waals surface area contributed by atoms with E-state index in [0.29, 0.717) is 16.5 Å². The SMILES string of the molecule is O=C(CCC(=O)Nc1ccccc1Cl)NNC(=S)NC(=O)COc1ccc(Br)cc1. The van der Waals surface area contributed by atoms with Crippen molar-refractivity contribution in [3.63, 3.8) is 0 Å². The molecular weight excluding hydrogens is 496 g/mol. The molecule has 2 rings (SSSR count). The fourth-order valence-electron chi connectivity index (χ4n) is 2.06. The lowest BCUT2D eigenvalue weighted by atomic mass is 10.2. The van der Waals surface area contributed by atoms with Gasteiger partial charge in [-0.1, -0.05) is 39.7 Å². The van der Waals surface area contributed by atoms with Crippen molar-refractivity contribution in [3.8, 4) is 5.75 Å². The molecule has 0 heterocycles. The standard InChI is InChI=1S/C19H18BrClN4O4S/c20-12-5-7-13(8-6-12)29-11-18(28)23-19(30)25-24-17(27)10-9-16(26)22-15-4-2-1-3-14(15)21/h1-8H,9-11H2,(H,22,26)(H,24,27)(H2,23,25,28,30). The Bertz CT molecular complexity index is 927. The minimum absolute atomic E-state index is 0.0567. The second-order valence-corrected chi connectivity index (χ2v) is 7.55. The first kappa shape index (κ1) is 23.6. The highest BCUT2D eigenvalue weighted by Gasteiger charge is 2.10. The van der Waals surface area contributed by atoms with Crippen LogP contribution in [0.15, 0.2) is 53.0 Å². The van der Waals surface area contributed by atoms with Crippen molar-refractivity contribution in [1.29, 1.82) is 0 Å². The second-order valence-electron chi connectivity index (χ2n) is 5.82. The number of thiocarbonyl (C=S) groups is 1. The second kappa shape index (κ2) is 12.1. The molecule has 2 aromatic carbocycles. The van der Waals surface area contributed by atoms with E-state index in [1.54, 1.807) is 48.5 Å². The Kier molecular flexibility index (Phi) is 9.52. The van der Waals surface area contributed by atoms with Crippen LogP contribution in [0.4, 0.5) is 5.69 Å². The topological polar surface area (TPSA) is 109 Å². The van der Waals surface area contributed by atoms with Crippen LogP contribution < -0.4 is 26.2 Å². The summed E-state index contributed by atoms with van der Waals surface area (Å²) in [6.45, 7) is -0.250. The van der Waals surface area contributed by atoms with Crippen molar-refractivity contribution in [2.75, 3.05) is 11.9 Å². The van der Waals surface area contributed by atoms with E-state index >= 15 is 0 Å². The Morgan fingerprint density at radius 2 is 1.60 bits per heavy atom. The molecule has 0 radical (unpaired) electrons. The fraction of sp³-hybridized carbons (Fsp3) is 0.158. The Balaban J connectivity index is 1.62. The summed E-state index contributed by atoms with van der Waals surface area (Å²) in [4.78, 5) is 35.5. The number of hydrogen-bond donors (Lipinski definition) is 4. The number of halogens is 2. The van der Waals surface area contributed by atoms with Gasteiger partial charge in [0.05, 0.1) is 10.7 Å². The highest BCUT2D eigenvalue weighted by atomic mass is 79.9. The lowest BCUT2D eigenvalue weighted by Gasteiger charge is -2.11. The third-order valence-electron chi connectivity index (χ3n) is 3.48. The van der Waals surface area contributed by atoms with Gasteiger partial charge in [-0.2, -0.15) is 0 Å². The Morgan fingerprint density at radius 3 is 2.30 bits per heavy atom. The van der Waals surface area contributed by atoms with Crippen LogP contribution >= 0.6 is 39.7 Å². The van der Waals surface area contributed by atoms with Crippen LogP contribution in [0.3, 0.4) is 0 Å². The number of carbonyl (C=O) groups excluding carboxylic acids is 3. The van der Waals surface area contributed by atoms with Gasteiger partial charge in [-0.05, 0) is 48.6 Å². The highest BCUT2D eigenvalue weighted by molar-refractivity contribution is 9.10. The average Bonchev–Trinajstić information content (AvgIpc) is 2.72. The summed E-state index contributed by atoms with van der Waals surface area (Å²) < 4.78 is 6.20. The zero-order valence-corrected chi connectivity index (χ0v) is 18.7. The molecule has 0 saturated heterocycles. The van der Waals surface area contributed by atoms with Crippen LogP contribution in [0.25, 0.3) is 0 Å². The van der Waals surface area contributed by atoms with E-state index < -0.39 is 11.8 Å². The Hall–Kier alpha value is -2.69. The third kappa shape index (κ3) is 8.76. The summed E-state index contributed by atoms with van der Waals surface area (Å²) in [7, 11) is 0. The summed E-state index contributed by atoms with van der Waals surface area (Å²) >= 11 is 14.2. The summed E-state index contributed by atoms with van der Waals surface area (Å²) in [5, 5.41) is 5.28. The Labute approximate surface area is 191 Å². The summed E-state index contributed by atoms with van der Waals surface area (Å²) in [6, 6.07) is 13.7. The molecule has 0 saturated carbocycles. The molecular formula is C19H18BrClN4O4S. The van der Waals surface area contributed by atoms with Crippen LogP contribution in [0.5, 0.6) is 5.75 Å². The van der Waals surface area contributed by atoms with E-state index in [4.69, 9.17) is 28.6 Å². The number of hydrazine groups is 1. The largest absolute Gasteiger partial charge is 0.484 e. The van der Waals surface area contributed by atoms with Crippen molar-refractivity contribution in [3.05, 3.63) is 58.0 Å². The van der Waals surface area contributed by atoms with E-state index in [1.807, 2.05) is 0 Å². The number of para-hydroxylation sites is 1. The van der Waals surface area contributed by atoms with E-state index in [9.17, 15) is 14.4 Å². The van der Waals surface area contributed by atoms with Gasteiger partial charge >= 0.3 is 0 Å². The van der Waals surface area contributed by atoms with Crippen LogP contribution in [0, 0.1) is 0 Å². The molecule has 0 atom stereocenters. The predicted molar refractivity (Wildman–Crippen MR) is 121 cm³/mol. The van der Waals surface area contributed by atoms with Gasteiger partial charge in [-0.25, -0.2) is 0 Å². The number of amides is 3. The van der Waals surface area contributed by atoms with Crippen molar-refractivity contribution >= 4 is 68.3 Å². The molecule has 0 bridgehead atoms. The smallest absolute Gasteiger partial charge is 0.264 e. The summed E-state index contributed by atoms with van der Waals surface area (Å²) in [5.41, 5.74) is 5.16. The Morgan fingerprint density at radius 1 is 0.933 bits per heavy atom. The molecule has 3 amide bonds. The number of rotatable bonds is 7. The quantitative estimate of drug-likeness (QED) is 0.335. The molecule has 0 unspecified atom stereocenters. The van der Waals surface area contributed by atoms with Gasteiger partial charge in [0.25, 0.3) is 5.91 Å². The molecule has 0 fully saturated rings. The van der Waals surface area contributed by atoms with Crippen molar-refractivity contribution in [2.45, 2.75) is 12.8 Å². The first-order valence-electron chi connectivity index (χ1n) is 8.65. The monoisotopic (exact) mass is 512 g/mol. The number of nitrogens with one attached hydrogen (secondary N) is 4. The van der Waals surface area contributed by atoms with Gasteiger partial charge in [0.2, 0.25) is 11.8 Å². The first-order chi connectivity index (χ1) is 14.3. The number of anilines is 1. The molecule has 30 heavy (non-hydrogen) atoms. The van der Waals surface area contributed by atoms with Gasteiger partial charge in [-0.3, -0.25) is 30.6 Å². The number of ether oxygens (including phenoxy) is 1. The van der Waals surface area contributed by atoms with E-state index in [2.05, 4.69) is 37.4 Å². The molecule has 8 nitrogen and oxygen atoms in total. The van der Waals surface area contributed by atoms with Crippen LogP contribution in [0.1, 0.15) is 12.8 Å². The van der Waals surface area contributed by atoms with Gasteiger partial charge in [-0.15, -0.1) is 0 Å². The van der Waals surface area contributed by atoms with Crippen LogP contribution in [0.2, 0.25) is 5.02 Å². The summed E-state index contributed by atoms with van der Waals surface area (Å²) in [5.74, 6) is -0.814.